The summed E-state index contributed by atoms with van der Waals surface area (Å²) in [5.74, 6) is -0.178. The van der Waals surface area contributed by atoms with Crippen LogP contribution >= 0.6 is 15.9 Å². The van der Waals surface area contributed by atoms with E-state index < -0.39 is 0 Å². The molecule has 0 aliphatic carbocycles. The van der Waals surface area contributed by atoms with Gasteiger partial charge in [-0.15, -0.1) is 0 Å². The van der Waals surface area contributed by atoms with Crippen molar-refractivity contribution >= 4 is 15.9 Å². The first kappa shape index (κ1) is 15.2. The summed E-state index contributed by atoms with van der Waals surface area (Å²) >= 11 is 3.45. The molecule has 1 atom stereocenters. The summed E-state index contributed by atoms with van der Waals surface area (Å²) in [6, 6.07) is 11.5. The highest BCUT2D eigenvalue weighted by Gasteiger charge is 2.17. The molecule has 0 spiro atoms. The average molecular weight is 336 g/mol. The SMILES string of the molecule is CNC(Cc1cc(C)cc(C)c1)c1c(F)cccc1Br. The lowest BCUT2D eigenvalue weighted by Crippen LogP contribution is -2.20. The fourth-order valence-corrected chi connectivity index (χ4v) is 3.23. The Kier molecular flexibility index (Phi) is 4.95. The first-order valence-corrected chi connectivity index (χ1v) is 7.49. The zero-order valence-corrected chi connectivity index (χ0v) is 13.6. The lowest BCUT2D eigenvalue weighted by molar-refractivity contribution is 0.531. The number of benzene rings is 2. The van der Waals surface area contributed by atoms with E-state index in [1.54, 1.807) is 6.07 Å². The van der Waals surface area contributed by atoms with Gasteiger partial charge < -0.3 is 5.32 Å². The van der Waals surface area contributed by atoms with Crippen LogP contribution in [0.15, 0.2) is 40.9 Å². The van der Waals surface area contributed by atoms with Gasteiger partial charge in [0.2, 0.25) is 0 Å². The van der Waals surface area contributed by atoms with Crippen molar-refractivity contribution in [1.29, 1.82) is 0 Å². The molecule has 106 valence electrons. The summed E-state index contributed by atoms with van der Waals surface area (Å²) in [7, 11) is 1.87. The van der Waals surface area contributed by atoms with E-state index in [1.807, 2.05) is 13.1 Å². The van der Waals surface area contributed by atoms with Crippen molar-refractivity contribution < 1.29 is 4.39 Å². The molecule has 0 saturated carbocycles. The van der Waals surface area contributed by atoms with Gasteiger partial charge in [0, 0.05) is 16.1 Å². The summed E-state index contributed by atoms with van der Waals surface area (Å²) in [5.41, 5.74) is 4.39. The highest BCUT2D eigenvalue weighted by atomic mass is 79.9. The molecule has 0 saturated heterocycles. The molecular weight excluding hydrogens is 317 g/mol. The second kappa shape index (κ2) is 6.51. The van der Waals surface area contributed by atoms with Gasteiger partial charge in [-0.1, -0.05) is 51.3 Å². The minimum Gasteiger partial charge on any atom is -0.313 e. The van der Waals surface area contributed by atoms with Gasteiger partial charge in [0.1, 0.15) is 5.82 Å². The fraction of sp³-hybridized carbons (Fsp3) is 0.294. The molecule has 2 aromatic rings. The molecule has 0 bridgehead atoms. The maximum absolute atomic E-state index is 14.1. The lowest BCUT2D eigenvalue weighted by atomic mass is 9.96. The number of likely N-dealkylation sites (N-methyl/N-ethyl adjacent to an activating group) is 1. The summed E-state index contributed by atoms with van der Waals surface area (Å²) < 4.78 is 14.9. The third-order valence-electron chi connectivity index (χ3n) is 3.42. The highest BCUT2D eigenvalue weighted by molar-refractivity contribution is 9.10. The van der Waals surface area contributed by atoms with Gasteiger partial charge in [0.25, 0.3) is 0 Å². The van der Waals surface area contributed by atoms with E-state index in [-0.39, 0.29) is 11.9 Å². The maximum atomic E-state index is 14.1. The lowest BCUT2D eigenvalue weighted by Gasteiger charge is -2.19. The maximum Gasteiger partial charge on any atom is 0.129 e. The van der Waals surface area contributed by atoms with Crippen molar-refractivity contribution in [3.8, 4) is 0 Å². The smallest absolute Gasteiger partial charge is 0.129 e. The molecule has 3 heteroatoms. The van der Waals surface area contributed by atoms with E-state index in [0.717, 1.165) is 10.9 Å². The topological polar surface area (TPSA) is 12.0 Å². The summed E-state index contributed by atoms with van der Waals surface area (Å²) in [6.07, 6.45) is 0.762. The number of halogens is 2. The quantitative estimate of drug-likeness (QED) is 0.853. The van der Waals surface area contributed by atoms with E-state index >= 15 is 0 Å². The van der Waals surface area contributed by atoms with Crippen LogP contribution in [-0.4, -0.2) is 7.05 Å². The average Bonchev–Trinajstić information content (AvgIpc) is 2.36. The van der Waals surface area contributed by atoms with Crippen LogP contribution in [0.4, 0.5) is 4.39 Å². The minimum atomic E-state index is -0.178. The molecule has 0 aliphatic rings. The van der Waals surface area contributed by atoms with Crippen LogP contribution in [0.3, 0.4) is 0 Å². The number of nitrogens with one attached hydrogen (secondary N) is 1. The van der Waals surface area contributed by atoms with E-state index in [0.29, 0.717) is 5.56 Å². The Bertz CT molecular complexity index is 569. The molecule has 1 N–H and O–H groups in total. The molecule has 0 fully saturated rings. The fourth-order valence-electron chi connectivity index (χ4n) is 2.61. The zero-order chi connectivity index (χ0) is 14.7. The van der Waals surface area contributed by atoms with Crippen LogP contribution in [0, 0.1) is 19.7 Å². The predicted octanol–water partition coefficient (Wildman–Crippen LogP) is 4.71. The molecule has 0 radical (unpaired) electrons. The van der Waals surface area contributed by atoms with Crippen molar-refractivity contribution in [2.45, 2.75) is 26.3 Å². The molecule has 0 aromatic heterocycles. The number of hydrogen-bond acceptors (Lipinski definition) is 1. The van der Waals surface area contributed by atoms with Crippen molar-refractivity contribution in [3.05, 3.63) is 68.9 Å². The standard InChI is InChI=1S/C17H19BrFN/c1-11-7-12(2)9-13(8-11)10-16(20-3)17-14(18)5-4-6-15(17)19/h4-9,16,20H,10H2,1-3H3. The molecule has 0 heterocycles. The third-order valence-corrected chi connectivity index (χ3v) is 4.11. The van der Waals surface area contributed by atoms with Crippen LogP contribution < -0.4 is 5.32 Å². The summed E-state index contributed by atoms with van der Waals surface area (Å²) in [6.45, 7) is 4.17. The summed E-state index contributed by atoms with van der Waals surface area (Å²) in [5, 5.41) is 3.22. The number of hydrogen-bond donors (Lipinski definition) is 1. The molecule has 20 heavy (non-hydrogen) atoms. The summed E-state index contributed by atoms with van der Waals surface area (Å²) in [4.78, 5) is 0. The van der Waals surface area contributed by atoms with E-state index in [2.05, 4.69) is 53.3 Å². The van der Waals surface area contributed by atoms with Gasteiger partial charge in [-0.05, 0) is 45.0 Å². The van der Waals surface area contributed by atoms with Crippen molar-refractivity contribution in [2.24, 2.45) is 0 Å². The Labute approximate surface area is 128 Å². The number of rotatable bonds is 4. The Balaban J connectivity index is 2.34. The zero-order valence-electron chi connectivity index (χ0n) is 12.0. The Morgan fingerprint density at radius 3 is 2.35 bits per heavy atom. The van der Waals surface area contributed by atoms with Crippen LogP contribution in [0.5, 0.6) is 0 Å². The van der Waals surface area contributed by atoms with Gasteiger partial charge in [-0.2, -0.15) is 0 Å². The van der Waals surface area contributed by atoms with Gasteiger partial charge in [-0.3, -0.25) is 0 Å². The second-order valence-electron chi connectivity index (χ2n) is 5.18. The third kappa shape index (κ3) is 3.47. The van der Waals surface area contributed by atoms with E-state index in [4.69, 9.17) is 0 Å². The second-order valence-corrected chi connectivity index (χ2v) is 6.03. The van der Waals surface area contributed by atoms with Crippen LogP contribution in [0.2, 0.25) is 0 Å². The first-order valence-electron chi connectivity index (χ1n) is 6.69. The van der Waals surface area contributed by atoms with Crippen molar-refractivity contribution in [3.63, 3.8) is 0 Å². The minimum absolute atomic E-state index is 0.0493. The normalized spacial score (nSPS) is 12.4. The first-order chi connectivity index (χ1) is 9.51. The number of aryl methyl sites for hydroxylation is 2. The van der Waals surface area contributed by atoms with Crippen molar-refractivity contribution in [2.75, 3.05) is 7.05 Å². The Morgan fingerprint density at radius 1 is 1.15 bits per heavy atom. The Morgan fingerprint density at radius 2 is 1.80 bits per heavy atom. The molecule has 1 unspecified atom stereocenters. The molecule has 2 aromatic carbocycles. The van der Waals surface area contributed by atoms with Gasteiger partial charge in [0.05, 0.1) is 0 Å². The molecule has 0 aliphatic heterocycles. The molecule has 2 rings (SSSR count). The highest BCUT2D eigenvalue weighted by Crippen LogP contribution is 2.28. The van der Waals surface area contributed by atoms with Crippen LogP contribution in [0.25, 0.3) is 0 Å². The van der Waals surface area contributed by atoms with Crippen molar-refractivity contribution in [1.82, 2.24) is 5.32 Å². The molecule has 0 amide bonds. The predicted molar refractivity (Wildman–Crippen MR) is 85.5 cm³/mol. The van der Waals surface area contributed by atoms with Crippen LogP contribution in [0.1, 0.15) is 28.3 Å². The molecule has 1 nitrogen and oxygen atoms in total. The van der Waals surface area contributed by atoms with Gasteiger partial charge in [0.15, 0.2) is 0 Å². The van der Waals surface area contributed by atoms with Gasteiger partial charge >= 0.3 is 0 Å². The van der Waals surface area contributed by atoms with Crippen LogP contribution in [-0.2, 0) is 6.42 Å². The Hall–Kier alpha value is -1.19. The molecular formula is C17H19BrFN. The van der Waals surface area contributed by atoms with Gasteiger partial charge in [-0.25, -0.2) is 4.39 Å². The van der Waals surface area contributed by atoms with E-state index in [1.165, 1.54) is 22.8 Å². The van der Waals surface area contributed by atoms with E-state index in [9.17, 15) is 4.39 Å². The monoisotopic (exact) mass is 335 g/mol. The largest absolute Gasteiger partial charge is 0.313 e.